The highest BCUT2D eigenvalue weighted by Gasteiger charge is 2.22. The Kier molecular flexibility index (Phi) is 4.03. The monoisotopic (exact) mass is 352 g/mol. The van der Waals surface area contributed by atoms with Gasteiger partial charge in [-0.1, -0.05) is 6.07 Å². The highest BCUT2D eigenvalue weighted by molar-refractivity contribution is 5.56. The summed E-state index contributed by atoms with van der Waals surface area (Å²) >= 11 is 0. The smallest absolute Gasteiger partial charge is 0.273 e. The van der Waals surface area contributed by atoms with E-state index in [4.69, 9.17) is 9.47 Å². The van der Waals surface area contributed by atoms with E-state index in [0.29, 0.717) is 40.7 Å². The van der Waals surface area contributed by atoms with Crippen molar-refractivity contribution in [1.82, 2.24) is 9.38 Å². The zero-order valence-electron chi connectivity index (χ0n) is 14.7. The number of pyridine rings is 1. The molecule has 26 heavy (non-hydrogen) atoms. The Bertz CT molecular complexity index is 1140. The quantitative estimate of drug-likeness (QED) is 0.758. The molecular formula is C20H20N2O4. The molecule has 1 saturated carbocycles. The zero-order chi connectivity index (χ0) is 18.3. The van der Waals surface area contributed by atoms with E-state index >= 15 is 0 Å². The van der Waals surface area contributed by atoms with E-state index in [0.717, 1.165) is 5.56 Å². The maximum absolute atomic E-state index is 12.4. The topological polar surface area (TPSA) is 72.8 Å². The first-order chi connectivity index (χ1) is 12.5. The van der Waals surface area contributed by atoms with E-state index in [-0.39, 0.29) is 11.0 Å². The van der Waals surface area contributed by atoms with Crippen molar-refractivity contribution in [3.05, 3.63) is 67.5 Å². The molecule has 2 heterocycles. The van der Waals surface area contributed by atoms with E-state index in [2.05, 4.69) is 4.98 Å². The van der Waals surface area contributed by atoms with Gasteiger partial charge in [-0.2, -0.15) is 0 Å². The van der Waals surface area contributed by atoms with Crippen LogP contribution in [0.5, 0.6) is 11.5 Å². The number of benzene rings is 1. The highest BCUT2D eigenvalue weighted by Crippen LogP contribution is 2.33. The number of fused-ring (bicyclic) bond motifs is 1. The second-order valence-electron chi connectivity index (χ2n) is 6.70. The van der Waals surface area contributed by atoms with Crippen molar-refractivity contribution in [3.8, 4) is 11.5 Å². The number of aryl methyl sites for hydroxylation is 1. The van der Waals surface area contributed by atoms with Crippen LogP contribution in [0.3, 0.4) is 0 Å². The summed E-state index contributed by atoms with van der Waals surface area (Å²) < 4.78 is 13.0. The van der Waals surface area contributed by atoms with Gasteiger partial charge >= 0.3 is 0 Å². The predicted molar refractivity (Wildman–Crippen MR) is 99.0 cm³/mol. The molecule has 6 heteroatoms. The van der Waals surface area contributed by atoms with E-state index in [1.807, 2.05) is 18.2 Å². The number of ether oxygens (including phenoxy) is 2. The van der Waals surface area contributed by atoms with Crippen molar-refractivity contribution in [3.63, 3.8) is 0 Å². The fraction of sp³-hybridized carbons (Fsp3) is 0.300. The minimum Gasteiger partial charge on any atom is -0.493 e. The van der Waals surface area contributed by atoms with E-state index in [1.54, 1.807) is 24.5 Å². The number of aromatic nitrogens is 2. The minimum absolute atomic E-state index is 0.129. The number of imidazole rings is 1. The number of aromatic amines is 1. The van der Waals surface area contributed by atoms with Gasteiger partial charge in [-0.15, -0.1) is 0 Å². The first-order valence-corrected chi connectivity index (χ1v) is 8.63. The van der Waals surface area contributed by atoms with Crippen LogP contribution in [0.4, 0.5) is 0 Å². The van der Waals surface area contributed by atoms with Crippen LogP contribution in [0.15, 0.2) is 39.9 Å². The van der Waals surface area contributed by atoms with Crippen molar-refractivity contribution in [2.24, 2.45) is 5.92 Å². The number of methoxy groups -OCH3 is 1. The molecule has 0 saturated heterocycles. The molecule has 0 unspecified atom stereocenters. The molecule has 6 nitrogen and oxygen atoms in total. The fourth-order valence-corrected chi connectivity index (χ4v) is 3.07. The Labute approximate surface area is 149 Å². The lowest BCUT2D eigenvalue weighted by Crippen LogP contribution is -2.27. The maximum Gasteiger partial charge on any atom is 0.273 e. The summed E-state index contributed by atoms with van der Waals surface area (Å²) in [5, 5.41) is 0.468. The third kappa shape index (κ3) is 3.10. The van der Waals surface area contributed by atoms with Gasteiger partial charge in [-0.25, -0.2) is 0 Å². The molecule has 0 bridgehead atoms. The predicted octanol–water partition coefficient (Wildman–Crippen LogP) is 1.64. The number of nitrogens with zero attached hydrogens (tertiary/aromatic N) is 1. The van der Waals surface area contributed by atoms with Crippen LogP contribution >= 0.6 is 0 Å². The van der Waals surface area contributed by atoms with Crippen molar-refractivity contribution in [2.45, 2.75) is 19.8 Å². The van der Waals surface area contributed by atoms with Gasteiger partial charge in [0.2, 0.25) is 0 Å². The Morgan fingerprint density at radius 2 is 2.00 bits per heavy atom. The van der Waals surface area contributed by atoms with Gasteiger partial charge in [0.25, 0.3) is 5.56 Å². The lowest BCUT2D eigenvalue weighted by Gasteiger charge is -2.11. The van der Waals surface area contributed by atoms with Crippen molar-refractivity contribution in [2.75, 3.05) is 13.7 Å². The van der Waals surface area contributed by atoms with E-state index in [9.17, 15) is 9.59 Å². The summed E-state index contributed by atoms with van der Waals surface area (Å²) in [5.41, 5.74) is 1.65. The first-order valence-electron chi connectivity index (χ1n) is 8.63. The molecule has 0 spiro atoms. The fourth-order valence-electron chi connectivity index (χ4n) is 3.07. The molecule has 1 aromatic carbocycles. The molecule has 1 fully saturated rings. The molecule has 0 amide bonds. The summed E-state index contributed by atoms with van der Waals surface area (Å²) in [7, 11) is 1.61. The van der Waals surface area contributed by atoms with Crippen molar-refractivity contribution >= 4 is 11.7 Å². The SMILES string of the molecule is COc1ccc(/C=c2\c(=O)[nH]c3cc(=O)cc(C)n23)cc1OCC1CC1. The summed E-state index contributed by atoms with van der Waals surface area (Å²) in [4.78, 5) is 26.8. The van der Waals surface area contributed by atoms with Crippen LogP contribution in [-0.4, -0.2) is 23.1 Å². The number of rotatable bonds is 5. The van der Waals surface area contributed by atoms with E-state index in [1.165, 1.54) is 25.0 Å². The minimum atomic E-state index is -0.241. The average molecular weight is 352 g/mol. The average Bonchev–Trinajstić information content (AvgIpc) is 3.37. The van der Waals surface area contributed by atoms with Crippen LogP contribution in [0.25, 0.3) is 11.7 Å². The van der Waals surface area contributed by atoms with Crippen molar-refractivity contribution < 1.29 is 9.47 Å². The Morgan fingerprint density at radius 1 is 1.19 bits per heavy atom. The number of hydrogen-bond donors (Lipinski definition) is 1. The van der Waals surface area contributed by atoms with Crippen LogP contribution in [0.2, 0.25) is 0 Å². The largest absolute Gasteiger partial charge is 0.493 e. The molecule has 134 valence electrons. The van der Waals surface area contributed by atoms with Gasteiger partial charge in [0.15, 0.2) is 16.9 Å². The number of hydrogen-bond acceptors (Lipinski definition) is 4. The molecule has 2 aromatic heterocycles. The van der Waals surface area contributed by atoms with Gasteiger partial charge in [-0.3, -0.25) is 14.0 Å². The third-order valence-corrected chi connectivity index (χ3v) is 4.60. The second-order valence-corrected chi connectivity index (χ2v) is 6.70. The normalized spacial score (nSPS) is 14.8. The molecular weight excluding hydrogens is 332 g/mol. The van der Waals surface area contributed by atoms with Gasteiger partial charge in [0.05, 0.1) is 13.7 Å². The number of nitrogens with one attached hydrogen (secondary N) is 1. The molecule has 1 aliphatic rings. The number of H-pyrrole nitrogens is 1. The molecule has 1 aliphatic carbocycles. The van der Waals surface area contributed by atoms with Gasteiger partial charge in [0, 0.05) is 17.8 Å². The Morgan fingerprint density at radius 3 is 2.73 bits per heavy atom. The molecule has 4 rings (SSSR count). The lowest BCUT2D eigenvalue weighted by molar-refractivity contribution is 0.280. The summed E-state index contributed by atoms with van der Waals surface area (Å²) in [6.07, 6.45) is 4.20. The Hall–Kier alpha value is -3.02. The van der Waals surface area contributed by atoms with Gasteiger partial charge < -0.3 is 14.5 Å². The first kappa shape index (κ1) is 16.4. The molecule has 0 aliphatic heterocycles. The molecule has 0 atom stereocenters. The van der Waals surface area contributed by atoms with Crippen molar-refractivity contribution in [1.29, 1.82) is 0 Å². The highest BCUT2D eigenvalue weighted by atomic mass is 16.5. The summed E-state index contributed by atoms with van der Waals surface area (Å²) in [6.45, 7) is 2.48. The standard InChI is InChI=1S/C20H20N2O4/c1-12-7-15(23)10-19-21-20(24)16(22(12)19)8-14-5-6-17(25-2)18(9-14)26-11-13-3-4-13/h5-10,13H,3-4,11H2,1-2H3,(H,21,24)/b16-8+. The summed E-state index contributed by atoms with van der Waals surface area (Å²) in [5.74, 6) is 1.97. The van der Waals surface area contributed by atoms with E-state index < -0.39 is 0 Å². The van der Waals surface area contributed by atoms with Crippen LogP contribution in [0.1, 0.15) is 24.1 Å². The zero-order valence-corrected chi connectivity index (χ0v) is 14.7. The summed E-state index contributed by atoms with van der Waals surface area (Å²) in [6, 6.07) is 8.51. The van der Waals surface area contributed by atoms with Gasteiger partial charge in [0.1, 0.15) is 11.0 Å². The second kappa shape index (κ2) is 6.37. The van der Waals surface area contributed by atoms with Crippen LogP contribution in [0, 0.1) is 12.8 Å². The maximum atomic E-state index is 12.4. The molecule has 3 aromatic rings. The van der Waals surface area contributed by atoms with Crippen LogP contribution in [-0.2, 0) is 0 Å². The third-order valence-electron chi connectivity index (χ3n) is 4.60. The molecule has 0 radical (unpaired) electrons. The van der Waals surface area contributed by atoms with Crippen LogP contribution < -0.4 is 25.8 Å². The lowest BCUT2D eigenvalue weighted by atomic mass is 10.2. The molecule has 1 N–H and O–H groups in total. The Balaban J connectivity index is 1.82. The van der Waals surface area contributed by atoms with Gasteiger partial charge in [-0.05, 0) is 49.5 Å².